The van der Waals surface area contributed by atoms with Gasteiger partial charge in [0.1, 0.15) is 0 Å². The Labute approximate surface area is 116 Å². The Balaban J connectivity index is 2.43. The van der Waals surface area contributed by atoms with Crippen LogP contribution in [-0.2, 0) is 0 Å². The van der Waals surface area contributed by atoms with Gasteiger partial charge in [-0.3, -0.25) is 4.79 Å². The molecule has 0 bridgehead atoms. The number of carbonyl (C=O) groups is 1. The molecule has 1 atom stereocenters. The van der Waals surface area contributed by atoms with Crippen molar-refractivity contribution in [2.45, 2.75) is 51.0 Å². The van der Waals surface area contributed by atoms with Crippen LogP contribution >= 0.6 is 12.6 Å². The minimum Gasteiger partial charge on any atom is -0.350 e. The van der Waals surface area contributed by atoms with E-state index in [1.807, 2.05) is 18.2 Å². The highest BCUT2D eigenvalue weighted by Crippen LogP contribution is 2.13. The van der Waals surface area contributed by atoms with E-state index in [4.69, 9.17) is 0 Å². The number of amides is 1. The van der Waals surface area contributed by atoms with Crippen LogP contribution < -0.4 is 5.32 Å². The molecule has 0 saturated carbocycles. The second-order valence-corrected chi connectivity index (χ2v) is 5.70. The number of rotatable bonds is 6. The largest absolute Gasteiger partial charge is 0.350 e. The molecule has 0 aliphatic carbocycles. The summed E-state index contributed by atoms with van der Waals surface area (Å²) in [6.07, 6.45) is 3.39. The lowest BCUT2D eigenvalue weighted by Gasteiger charge is -2.15. The molecule has 0 saturated heterocycles. The molecule has 100 valence electrons. The van der Waals surface area contributed by atoms with E-state index in [2.05, 4.69) is 38.7 Å². The van der Waals surface area contributed by atoms with Gasteiger partial charge in [-0.25, -0.2) is 0 Å². The lowest BCUT2D eigenvalue weighted by molar-refractivity contribution is 0.0935. The van der Waals surface area contributed by atoms with Crippen molar-refractivity contribution in [3.05, 3.63) is 29.8 Å². The quantitative estimate of drug-likeness (QED) is 0.750. The average Bonchev–Trinajstić information content (AvgIpc) is 2.28. The van der Waals surface area contributed by atoms with Gasteiger partial charge in [0.05, 0.1) is 5.56 Å². The number of hydrogen-bond acceptors (Lipinski definition) is 2. The van der Waals surface area contributed by atoms with Crippen LogP contribution in [0.15, 0.2) is 29.2 Å². The van der Waals surface area contributed by atoms with E-state index < -0.39 is 0 Å². The first-order valence-corrected chi connectivity index (χ1v) is 7.04. The summed E-state index contributed by atoms with van der Waals surface area (Å²) in [5.41, 5.74) is 0.650. The molecule has 3 heteroatoms. The van der Waals surface area contributed by atoms with Gasteiger partial charge in [-0.15, -0.1) is 12.6 Å². The molecular weight excluding hydrogens is 242 g/mol. The fourth-order valence-corrected chi connectivity index (χ4v) is 2.13. The maximum absolute atomic E-state index is 12.0. The van der Waals surface area contributed by atoms with Crippen molar-refractivity contribution < 1.29 is 4.79 Å². The van der Waals surface area contributed by atoms with Crippen LogP contribution in [-0.4, -0.2) is 11.9 Å². The van der Waals surface area contributed by atoms with Crippen LogP contribution in [0.3, 0.4) is 0 Å². The lowest BCUT2D eigenvalue weighted by Crippen LogP contribution is -2.32. The van der Waals surface area contributed by atoms with E-state index in [1.54, 1.807) is 6.07 Å². The number of hydrogen-bond donors (Lipinski definition) is 2. The second-order valence-electron chi connectivity index (χ2n) is 5.22. The standard InChI is InChI=1S/C15H23NOS/c1-11(2)7-6-8-12(3)16-15(17)13-9-4-5-10-14(13)18/h4-5,9-12,18H,6-8H2,1-3H3,(H,16,17)/t12-/m0/s1. The first kappa shape index (κ1) is 15.1. The van der Waals surface area contributed by atoms with Crippen molar-refractivity contribution in [3.63, 3.8) is 0 Å². The Morgan fingerprint density at radius 2 is 1.89 bits per heavy atom. The maximum Gasteiger partial charge on any atom is 0.252 e. The highest BCUT2D eigenvalue weighted by molar-refractivity contribution is 7.80. The van der Waals surface area contributed by atoms with Crippen LogP contribution in [0.5, 0.6) is 0 Å². The van der Waals surface area contributed by atoms with Gasteiger partial charge < -0.3 is 5.32 Å². The smallest absolute Gasteiger partial charge is 0.252 e. The number of thiol groups is 1. The Hall–Kier alpha value is -0.960. The molecule has 1 amide bonds. The SMILES string of the molecule is CC(C)CCC[C@H](C)NC(=O)c1ccccc1S. The predicted octanol–water partition coefficient (Wildman–Crippen LogP) is 3.92. The summed E-state index contributed by atoms with van der Waals surface area (Å²) in [7, 11) is 0. The third-order valence-corrected chi connectivity index (χ3v) is 3.33. The second kappa shape index (κ2) is 7.47. The molecule has 2 nitrogen and oxygen atoms in total. The molecule has 0 fully saturated rings. The zero-order valence-corrected chi connectivity index (χ0v) is 12.3. The van der Waals surface area contributed by atoms with Crippen molar-refractivity contribution in [1.82, 2.24) is 5.32 Å². The van der Waals surface area contributed by atoms with Gasteiger partial charge in [0, 0.05) is 10.9 Å². The Morgan fingerprint density at radius 1 is 1.22 bits per heavy atom. The first-order valence-electron chi connectivity index (χ1n) is 6.59. The Morgan fingerprint density at radius 3 is 2.50 bits per heavy atom. The third-order valence-electron chi connectivity index (χ3n) is 2.94. The van der Waals surface area contributed by atoms with Crippen LogP contribution in [0.1, 0.15) is 50.4 Å². The van der Waals surface area contributed by atoms with Crippen LogP contribution in [0.2, 0.25) is 0 Å². The lowest BCUT2D eigenvalue weighted by atomic mass is 10.0. The van der Waals surface area contributed by atoms with Crippen LogP contribution in [0, 0.1) is 5.92 Å². The summed E-state index contributed by atoms with van der Waals surface area (Å²) in [6.45, 7) is 6.50. The molecule has 0 radical (unpaired) electrons. The fourth-order valence-electron chi connectivity index (χ4n) is 1.87. The molecule has 0 aliphatic rings. The normalized spacial score (nSPS) is 12.5. The van der Waals surface area contributed by atoms with Gasteiger partial charge in [0.2, 0.25) is 0 Å². The predicted molar refractivity (Wildman–Crippen MR) is 79.3 cm³/mol. The maximum atomic E-state index is 12.0. The molecule has 0 unspecified atom stereocenters. The summed E-state index contributed by atoms with van der Waals surface area (Å²) in [5.74, 6) is 0.698. The number of nitrogens with one attached hydrogen (secondary N) is 1. The number of carbonyl (C=O) groups excluding carboxylic acids is 1. The molecule has 1 aromatic carbocycles. The summed E-state index contributed by atoms with van der Waals surface area (Å²) in [4.78, 5) is 12.7. The summed E-state index contributed by atoms with van der Waals surface area (Å²) in [5, 5.41) is 3.02. The molecular formula is C15H23NOS. The number of benzene rings is 1. The molecule has 0 spiro atoms. The fraction of sp³-hybridized carbons (Fsp3) is 0.533. The van der Waals surface area contributed by atoms with Crippen molar-refractivity contribution in [1.29, 1.82) is 0 Å². The van der Waals surface area contributed by atoms with Gasteiger partial charge in [-0.1, -0.05) is 38.8 Å². The Bertz CT molecular complexity index is 390. The van der Waals surface area contributed by atoms with E-state index in [1.165, 1.54) is 6.42 Å². The summed E-state index contributed by atoms with van der Waals surface area (Å²) >= 11 is 4.30. The minimum atomic E-state index is -0.0300. The first-order chi connectivity index (χ1) is 8.50. The van der Waals surface area contributed by atoms with Crippen LogP contribution in [0.25, 0.3) is 0 Å². The zero-order valence-electron chi connectivity index (χ0n) is 11.4. The van der Waals surface area contributed by atoms with Crippen molar-refractivity contribution in [3.8, 4) is 0 Å². The van der Waals surface area contributed by atoms with Gasteiger partial charge in [-0.05, 0) is 31.4 Å². The molecule has 1 N–H and O–H groups in total. The average molecular weight is 265 g/mol. The monoisotopic (exact) mass is 265 g/mol. The molecule has 1 rings (SSSR count). The summed E-state index contributed by atoms with van der Waals surface area (Å²) < 4.78 is 0. The zero-order chi connectivity index (χ0) is 13.5. The third kappa shape index (κ3) is 5.13. The summed E-state index contributed by atoms with van der Waals surface area (Å²) in [6, 6.07) is 7.59. The van der Waals surface area contributed by atoms with Crippen molar-refractivity contribution >= 4 is 18.5 Å². The molecule has 0 aliphatic heterocycles. The van der Waals surface area contributed by atoms with Crippen molar-refractivity contribution in [2.24, 2.45) is 5.92 Å². The van der Waals surface area contributed by atoms with E-state index in [0.717, 1.165) is 23.7 Å². The molecule has 0 aromatic heterocycles. The van der Waals surface area contributed by atoms with E-state index in [9.17, 15) is 4.79 Å². The van der Waals surface area contributed by atoms with E-state index in [0.29, 0.717) is 5.56 Å². The highest BCUT2D eigenvalue weighted by atomic mass is 32.1. The Kier molecular flexibility index (Phi) is 6.27. The van der Waals surface area contributed by atoms with Gasteiger partial charge in [-0.2, -0.15) is 0 Å². The molecule has 1 aromatic rings. The van der Waals surface area contributed by atoms with E-state index in [-0.39, 0.29) is 11.9 Å². The van der Waals surface area contributed by atoms with Crippen molar-refractivity contribution in [2.75, 3.05) is 0 Å². The minimum absolute atomic E-state index is 0.0300. The van der Waals surface area contributed by atoms with E-state index >= 15 is 0 Å². The molecule has 0 heterocycles. The molecule has 18 heavy (non-hydrogen) atoms. The van der Waals surface area contributed by atoms with Gasteiger partial charge in [0.15, 0.2) is 0 Å². The topological polar surface area (TPSA) is 29.1 Å². The van der Waals surface area contributed by atoms with Gasteiger partial charge in [0.25, 0.3) is 5.91 Å². The van der Waals surface area contributed by atoms with Crippen LogP contribution in [0.4, 0.5) is 0 Å². The highest BCUT2D eigenvalue weighted by Gasteiger charge is 2.11. The van der Waals surface area contributed by atoms with Gasteiger partial charge >= 0.3 is 0 Å².